The van der Waals surface area contributed by atoms with E-state index in [0.29, 0.717) is 11.0 Å². The molecule has 4 rings (SSSR count). The second kappa shape index (κ2) is 4.47. The van der Waals surface area contributed by atoms with Crippen LogP contribution in [-0.2, 0) is 0 Å². The first kappa shape index (κ1) is 11.7. The molecule has 2 N–H and O–H groups in total. The normalized spacial score (nSPS) is 11.2. The van der Waals surface area contributed by atoms with Gasteiger partial charge in [-0.1, -0.05) is 35.1 Å². The lowest BCUT2D eigenvalue weighted by atomic mass is 10.3. The van der Waals surface area contributed by atoms with E-state index in [1.165, 1.54) is 0 Å². The van der Waals surface area contributed by atoms with Crippen molar-refractivity contribution in [2.45, 2.75) is 0 Å². The van der Waals surface area contributed by atoms with Crippen LogP contribution in [0.4, 0.5) is 11.1 Å². The number of nitrogens with one attached hydrogen (secondary N) is 2. The minimum atomic E-state index is 0.668. The lowest BCUT2D eigenvalue weighted by Crippen LogP contribution is -1.90. The van der Waals surface area contributed by atoms with Gasteiger partial charge in [-0.15, -0.1) is 0 Å². The second-order valence-corrected chi connectivity index (χ2v) is 5.83. The van der Waals surface area contributed by atoms with Gasteiger partial charge in [0.1, 0.15) is 0 Å². The molecule has 0 spiro atoms. The quantitative estimate of drug-likeness (QED) is 0.570. The van der Waals surface area contributed by atoms with Crippen molar-refractivity contribution in [2.24, 2.45) is 0 Å². The molecule has 98 valence electrons. The number of imidazole rings is 1. The smallest absolute Gasteiger partial charge is 0.207 e. The Labute approximate surface area is 123 Å². The second-order valence-electron chi connectivity index (χ2n) is 4.36. The van der Waals surface area contributed by atoms with Gasteiger partial charge in [0.2, 0.25) is 5.95 Å². The molecule has 0 saturated carbocycles. The first-order chi connectivity index (χ1) is 9.78. The zero-order valence-corrected chi connectivity index (χ0v) is 11.8. The molecule has 0 fully saturated rings. The molecule has 4 nitrogen and oxygen atoms in total. The molecule has 0 atom stereocenters. The first-order valence-corrected chi connectivity index (χ1v) is 7.25. The summed E-state index contributed by atoms with van der Waals surface area (Å²) in [5, 5.41) is 4.70. The number of fused-ring (bicyclic) bond motifs is 2. The van der Waals surface area contributed by atoms with Gasteiger partial charge in [-0.05, 0) is 30.3 Å². The Balaban J connectivity index is 1.72. The molecule has 0 aliphatic heterocycles. The molecule has 6 heteroatoms. The van der Waals surface area contributed by atoms with E-state index in [1.807, 2.05) is 36.4 Å². The van der Waals surface area contributed by atoms with Crippen LogP contribution in [0.15, 0.2) is 42.5 Å². The maximum Gasteiger partial charge on any atom is 0.207 e. The van der Waals surface area contributed by atoms with Crippen LogP contribution in [0.25, 0.3) is 21.3 Å². The highest BCUT2D eigenvalue weighted by atomic mass is 35.5. The van der Waals surface area contributed by atoms with E-state index in [2.05, 4.69) is 26.3 Å². The highest BCUT2D eigenvalue weighted by Crippen LogP contribution is 2.28. The molecular formula is C14H9ClN4S. The molecule has 0 amide bonds. The minimum absolute atomic E-state index is 0.668. The van der Waals surface area contributed by atoms with Crippen LogP contribution < -0.4 is 5.32 Å². The van der Waals surface area contributed by atoms with Gasteiger partial charge < -0.3 is 10.3 Å². The SMILES string of the molecule is Clc1ccc2nc(Nc3nc4ccccc4s3)[nH]c2c1. The molecule has 0 unspecified atom stereocenters. The van der Waals surface area contributed by atoms with Crippen LogP contribution in [0, 0.1) is 0 Å². The summed E-state index contributed by atoms with van der Waals surface area (Å²) in [5.41, 5.74) is 2.76. The Morgan fingerprint density at radius 3 is 2.85 bits per heavy atom. The number of thiazole rings is 1. The highest BCUT2D eigenvalue weighted by Gasteiger charge is 2.07. The Morgan fingerprint density at radius 1 is 1.05 bits per heavy atom. The number of anilines is 2. The van der Waals surface area contributed by atoms with Crippen molar-refractivity contribution in [3.8, 4) is 0 Å². The molecule has 0 radical (unpaired) electrons. The minimum Gasteiger partial charge on any atom is -0.324 e. The topological polar surface area (TPSA) is 53.6 Å². The summed E-state index contributed by atoms with van der Waals surface area (Å²) in [4.78, 5) is 12.2. The van der Waals surface area contributed by atoms with Crippen LogP contribution in [0.2, 0.25) is 5.02 Å². The predicted molar refractivity (Wildman–Crippen MR) is 84.0 cm³/mol. The van der Waals surface area contributed by atoms with Crippen molar-refractivity contribution in [3.05, 3.63) is 47.5 Å². The zero-order valence-electron chi connectivity index (χ0n) is 10.2. The van der Waals surface area contributed by atoms with Crippen molar-refractivity contribution < 1.29 is 0 Å². The summed E-state index contributed by atoms with van der Waals surface area (Å²) in [5.74, 6) is 0.668. The standard InChI is InChI=1S/C14H9ClN4S/c15-8-5-6-9-11(7-8)17-13(16-9)19-14-18-10-3-1-2-4-12(10)20-14/h1-7H,(H2,16,17,18,19). The van der Waals surface area contributed by atoms with E-state index in [0.717, 1.165) is 26.4 Å². The van der Waals surface area contributed by atoms with Crippen LogP contribution in [0.3, 0.4) is 0 Å². The molecule has 20 heavy (non-hydrogen) atoms. The van der Waals surface area contributed by atoms with E-state index < -0.39 is 0 Å². The maximum atomic E-state index is 5.96. The summed E-state index contributed by atoms with van der Waals surface area (Å²) in [7, 11) is 0. The van der Waals surface area contributed by atoms with E-state index in [1.54, 1.807) is 11.3 Å². The lowest BCUT2D eigenvalue weighted by Gasteiger charge is -1.94. The molecule has 0 aliphatic rings. The summed E-state index contributed by atoms with van der Waals surface area (Å²) < 4.78 is 1.15. The number of benzene rings is 2. The summed E-state index contributed by atoms with van der Waals surface area (Å²) in [6.07, 6.45) is 0. The van der Waals surface area contributed by atoms with Crippen molar-refractivity contribution in [3.63, 3.8) is 0 Å². The van der Waals surface area contributed by atoms with E-state index in [9.17, 15) is 0 Å². The number of aromatic nitrogens is 3. The van der Waals surface area contributed by atoms with Gasteiger partial charge in [-0.3, -0.25) is 0 Å². The third-order valence-electron chi connectivity index (χ3n) is 2.96. The van der Waals surface area contributed by atoms with Gasteiger partial charge in [0.05, 0.1) is 21.3 Å². The fraction of sp³-hybridized carbons (Fsp3) is 0. The van der Waals surface area contributed by atoms with Crippen molar-refractivity contribution >= 4 is 55.3 Å². The van der Waals surface area contributed by atoms with Crippen molar-refractivity contribution in [1.29, 1.82) is 0 Å². The number of hydrogen-bond donors (Lipinski definition) is 2. The Morgan fingerprint density at radius 2 is 1.95 bits per heavy atom. The average molecular weight is 301 g/mol. The lowest BCUT2D eigenvalue weighted by molar-refractivity contribution is 1.29. The largest absolute Gasteiger partial charge is 0.324 e. The Hall–Kier alpha value is -2.11. The van der Waals surface area contributed by atoms with E-state index >= 15 is 0 Å². The van der Waals surface area contributed by atoms with Crippen LogP contribution in [0.5, 0.6) is 0 Å². The molecule has 0 saturated heterocycles. The fourth-order valence-corrected chi connectivity index (χ4v) is 3.10. The molecule has 2 heterocycles. The number of aromatic amines is 1. The van der Waals surface area contributed by atoms with Gasteiger partial charge in [0.25, 0.3) is 0 Å². The summed E-state index contributed by atoms with van der Waals surface area (Å²) >= 11 is 7.56. The number of nitrogens with zero attached hydrogens (tertiary/aromatic N) is 2. The summed E-state index contributed by atoms with van der Waals surface area (Å²) in [6.45, 7) is 0. The maximum absolute atomic E-state index is 5.96. The Kier molecular flexibility index (Phi) is 2.61. The van der Waals surface area contributed by atoms with Crippen LogP contribution in [-0.4, -0.2) is 15.0 Å². The Bertz CT molecular complexity index is 879. The van der Waals surface area contributed by atoms with Gasteiger partial charge in [0, 0.05) is 5.02 Å². The number of rotatable bonds is 2. The molecule has 0 bridgehead atoms. The molecule has 2 aromatic carbocycles. The first-order valence-electron chi connectivity index (χ1n) is 6.06. The highest BCUT2D eigenvalue weighted by molar-refractivity contribution is 7.22. The van der Waals surface area contributed by atoms with Crippen LogP contribution in [0.1, 0.15) is 0 Å². The third-order valence-corrected chi connectivity index (χ3v) is 4.15. The number of H-pyrrole nitrogens is 1. The molecule has 0 aliphatic carbocycles. The zero-order chi connectivity index (χ0) is 13.5. The van der Waals surface area contributed by atoms with Crippen molar-refractivity contribution in [1.82, 2.24) is 15.0 Å². The van der Waals surface area contributed by atoms with Gasteiger partial charge in [0.15, 0.2) is 5.13 Å². The summed E-state index contributed by atoms with van der Waals surface area (Å²) in [6, 6.07) is 13.6. The fourth-order valence-electron chi connectivity index (χ4n) is 2.07. The third kappa shape index (κ3) is 2.01. The average Bonchev–Trinajstić information content (AvgIpc) is 3.00. The molecule has 2 aromatic heterocycles. The predicted octanol–water partition coefficient (Wildman–Crippen LogP) is 4.57. The van der Waals surface area contributed by atoms with Crippen molar-refractivity contribution in [2.75, 3.05) is 5.32 Å². The number of para-hydroxylation sites is 1. The van der Waals surface area contributed by atoms with Crippen LogP contribution >= 0.6 is 22.9 Å². The molecular weight excluding hydrogens is 292 g/mol. The molecule has 4 aromatic rings. The van der Waals surface area contributed by atoms with Gasteiger partial charge in [-0.25, -0.2) is 9.97 Å². The van der Waals surface area contributed by atoms with Gasteiger partial charge >= 0.3 is 0 Å². The number of halogens is 1. The monoisotopic (exact) mass is 300 g/mol. The van der Waals surface area contributed by atoms with E-state index in [4.69, 9.17) is 11.6 Å². The number of hydrogen-bond acceptors (Lipinski definition) is 4. The van der Waals surface area contributed by atoms with Gasteiger partial charge in [-0.2, -0.15) is 0 Å². The van der Waals surface area contributed by atoms with E-state index in [-0.39, 0.29) is 0 Å².